The molecule has 4 heterocycles. The number of benzene rings is 1. The van der Waals surface area contributed by atoms with Gasteiger partial charge in [0.1, 0.15) is 11.5 Å². The molecule has 0 spiro atoms. The Morgan fingerprint density at radius 3 is 2.94 bits per heavy atom. The van der Waals surface area contributed by atoms with E-state index in [1.54, 1.807) is 23.0 Å². The molecule has 32 heavy (non-hydrogen) atoms. The van der Waals surface area contributed by atoms with Gasteiger partial charge in [0.05, 0.1) is 21.2 Å². The van der Waals surface area contributed by atoms with E-state index in [4.69, 9.17) is 0 Å². The first-order valence-corrected chi connectivity index (χ1v) is 11.6. The van der Waals surface area contributed by atoms with Crippen LogP contribution in [0.15, 0.2) is 34.9 Å². The lowest BCUT2D eigenvalue weighted by molar-refractivity contribution is -0.116. The fraction of sp³-hybridized carbons (Fsp3) is 0.286. The van der Waals surface area contributed by atoms with E-state index in [0.717, 1.165) is 16.2 Å². The minimum Gasteiger partial charge on any atom is -0.347 e. The molecule has 0 bridgehead atoms. The average Bonchev–Trinajstić information content (AvgIpc) is 3.30. The van der Waals surface area contributed by atoms with E-state index < -0.39 is 11.6 Å². The number of rotatable bonds is 3. The first-order valence-electron chi connectivity index (χ1n) is 10.0. The molecule has 7 nitrogen and oxygen atoms in total. The van der Waals surface area contributed by atoms with E-state index in [0.29, 0.717) is 40.5 Å². The van der Waals surface area contributed by atoms with E-state index in [9.17, 15) is 18.4 Å². The Bertz CT molecular complexity index is 1230. The number of hydrogen-bond acceptors (Lipinski definition) is 5. The van der Waals surface area contributed by atoms with Crippen molar-refractivity contribution in [2.24, 2.45) is 0 Å². The summed E-state index contributed by atoms with van der Waals surface area (Å²) >= 11 is 4.65. The highest BCUT2D eigenvalue weighted by Gasteiger charge is 2.31. The van der Waals surface area contributed by atoms with E-state index in [-0.39, 0.29) is 30.3 Å². The summed E-state index contributed by atoms with van der Waals surface area (Å²) in [6.45, 7) is 1.32. The van der Waals surface area contributed by atoms with Crippen LogP contribution in [-0.2, 0) is 11.3 Å². The standard InChI is InChI=1S/C21H18BrF2N5O2S/c22-13-7-26-29-9-18(30)28-21-12(19(13)29)6-17(32-21)20(31)27-16-8-25-4-3-11(16)10-1-2-14(23)15(24)5-10/h1-2,5-7,11,16,25H,3-4,8-9H2,(H,27,31)(H,28,30)/t11-,16+/m0/s1. The second-order valence-electron chi connectivity index (χ2n) is 7.75. The lowest BCUT2D eigenvalue weighted by Gasteiger charge is -2.33. The van der Waals surface area contributed by atoms with Gasteiger partial charge in [-0.1, -0.05) is 6.07 Å². The molecule has 2 aliphatic rings. The van der Waals surface area contributed by atoms with Crippen molar-refractivity contribution in [3.63, 3.8) is 0 Å². The molecule has 166 valence electrons. The van der Waals surface area contributed by atoms with Crippen LogP contribution in [0.3, 0.4) is 0 Å². The van der Waals surface area contributed by atoms with Gasteiger partial charge < -0.3 is 16.0 Å². The van der Waals surface area contributed by atoms with Crippen LogP contribution in [0.25, 0.3) is 11.3 Å². The maximum Gasteiger partial charge on any atom is 0.261 e. The Balaban J connectivity index is 1.42. The minimum absolute atomic E-state index is 0.0908. The number of amides is 2. The molecule has 0 radical (unpaired) electrons. The molecule has 1 fully saturated rings. The Kier molecular flexibility index (Phi) is 5.56. The van der Waals surface area contributed by atoms with Crippen molar-refractivity contribution in [2.45, 2.75) is 24.9 Å². The van der Waals surface area contributed by atoms with E-state index in [1.807, 2.05) is 0 Å². The summed E-state index contributed by atoms with van der Waals surface area (Å²) in [6.07, 6.45) is 2.30. The molecule has 1 saturated heterocycles. The van der Waals surface area contributed by atoms with Crippen LogP contribution in [0.1, 0.15) is 27.6 Å². The number of anilines is 1. The third kappa shape index (κ3) is 3.84. The Hall–Kier alpha value is -2.63. The van der Waals surface area contributed by atoms with Crippen LogP contribution in [0.2, 0.25) is 0 Å². The lowest BCUT2D eigenvalue weighted by atomic mass is 9.86. The predicted molar refractivity (Wildman–Crippen MR) is 120 cm³/mol. The summed E-state index contributed by atoms with van der Waals surface area (Å²) in [6, 6.07) is 5.32. The topological polar surface area (TPSA) is 88.0 Å². The van der Waals surface area contributed by atoms with Gasteiger partial charge in [-0.05, 0) is 52.7 Å². The van der Waals surface area contributed by atoms with Gasteiger partial charge in [-0.15, -0.1) is 11.3 Å². The number of hydrogen-bond donors (Lipinski definition) is 3. The largest absolute Gasteiger partial charge is 0.347 e. The first-order chi connectivity index (χ1) is 15.4. The number of nitrogens with zero attached hydrogens (tertiary/aromatic N) is 2. The summed E-state index contributed by atoms with van der Waals surface area (Å²) in [5, 5.41) is 13.9. The summed E-state index contributed by atoms with van der Waals surface area (Å²) < 4.78 is 29.5. The number of halogens is 3. The molecule has 1 aromatic carbocycles. The van der Waals surface area contributed by atoms with Gasteiger partial charge in [-0.2, -0.15) is 5.10 Å². The summed E-state index contributed by atoms with van der Waals surface area (Å²) in [7, 11) is 0. The highest BCUT2D eigenvalue weighted by atomic mass is 79.9. The van der Waals surface area contributed by atoms with Gasteiger partial charge in [0.15, 0.2) is 11.6 Å². The van der Waals surface area contributed by atoms with Crippen molar-refractivity contribution in [2.75, 3.05) is 18.4 Å². The zero-order valence-corrected chi connectivity index (χ0v) is 19.0. The van der Waals surface area contributed by atoms with Crippen molar-refractivity contribution in [3.8, 4) is 11.3 Å². The molecular formula is C21H18BrF2N5O2S. The van der Waals surface area contributed by atoms with Crippen molar-refractivity contribution in [1.82, 2.24) is 20.4 Å². The van der Waals surface area contributed by atoms with Crippen molar-refractivity contribution in [3.05, 3.63) is 57.0 Å². The molecular weight excluding hydrogens is 504 g/mol. The average molecular weight is 522 g/mol. The van der Waals surface area contributed by atoms with Crippen LogP contribution in [0.5, 0.6) is 0 Å². The van der Waals surface area contributed by atoms with Crippen molar-refractivity contribution >= 4 is 44.1 Å². The van der Waals surface area contributed by atoms with E-state index in [1.165, 1.54) is 17.4 Å². The quantitative estimate of drug-likeness (QED) is 0.492. The normalized spacial score (nSPS) is 20.2. The summed E-state index contributed by atoms with van der Waals surface area (Å²) in [4.78, 5) is 25.8. The molecule has 2 atom stereocenters. The maximum absolute atomic E-state index is 13.8. The lowest BCUT2D eigenvalue weighted by Crippen LogP contribution is -2.49. The second-order valence-corrected chi connectivity index (χ2v) is 9.66. The van der Waals surface area contributed by atoms with Crippen molar-refractivity contribution in [1.29, 1.82) is 0 Å². The highest BCUT2D eigenvalue weighted by Crippen LogP contribution is 2.41. The third-order valence-corrected chi connectivity index (χ3v) is 7.35. The molecule has 2 aromatic heterocycles. The van der Waals surface area contributed by atoms with Crippen LogP contribution < -0.4 is 16.0 Å². The minimum atomic E-state index is -0.897. The summed E-state index contributed by atoms with van der Waals surface area (Å²) in [5.74, 6) is -2.45. The number of thiophene rings is 1. The molecule has 11 heteroatoms. The summed E-state index contributed by atoms with van der Waals surface area (Å²) in [5.41, 5.74) is 2.10. The number of carbonyl (C=O) groups excluding carboxylic acids is 2. The van der Waals surface area contributed by atoms with Crippen molar-refractivity contribution < 1.29 is 18.4 Å². The number of piperidine rings is 1. The van der Waals surface area contributed by atoms with Crippen LogP contribution in [0.4, 0.5) is 13.8 Å². The van der Waals surface area contributed by atoms with Crippen LogP contribution >= 0.6 is 27.3 Å². The van der Waals surface area contributed by atoms with Crippen LogP contribution in [-0.4, -0.2) is 40.7 Å². The van der Waals surface area contributed by atoms with Gasteiger partial charge in [0.25, 0.3) is 5.91 Å². The van der Waals surface area contributed by atoms with E-state index >= 15 is 0 Å². The molecule has 5 rings (SSSR count). The highest BCUT2D eigenvalue weighted by molar-refractivity contribution is 9.10. The fourth-order valence-corrected chi connectivity index (χ4v) is 5.70. The zero-order valence-electron chi connectivity index (χ0n) is 16.6. The monoisotopic (exact) mass is 521 g/mol. The Labute approximate surface area is 194 Å². The fourth-order valence-electron chi connectivity index (χ4n) is 4.22. The molecule has 3 aromatic rings. The van der Waals surface area contributed by atoms with Gasteiger partial charge in [0.2, 0.25) is 5.91 Å². The molecule has 2 amide bonds. The molecule has 3 N–H and O–H groups in total. The zero-order chi connectivity index (χ0) is 22.4. The van der Waals surface area contributed by atoms with Crippen LogP contribution in [0, 0.1) is 11.6 Å². The van der Waals surface area contributed by atoms with Gasteiger partial charge in [-0.3, -0.25) is 14.3 Å². The number of aromatic nitrogens is 2. The molecule has 0 aliphatic carbocycles. The van der Waals surface area contributed by atoms with Gasteiger partial charge >= 0.3 is 0 Å². The SMILES string of the molecule is O=C1Cn2ncc(Br)c2-c2cc(C(=O)N[C@@H]3CNCC[C@H]3c3ccc(F)c(F)c3)sc2N1. The van der Waals surface area contributed by atoms with Gasteiger partial charge in [-0.25, -0.2) is 8.78 Å². The molecule has 2 aliphatic heterocycles. The predicted octanol–water partition coefficient (Wildman–Crippen LogP) is 3.48. The van der Waals surface area contributed by atoms with E-state index in [2.05, 4.69) is 37.0 Å². The smallest absolute Gasteiger partial charge is 0.261 e. The molecule has 0 unspecified atom stereocenters. The Morgan fingerprint density at radius 1 is 1.28 bits per heavy atom. The first kappa shape index (κ1) is 21.2. The number of nitrogens with one attached hydrogen (secondary N) is 3. The maximum atomic E-state index is 13.8. The Morgan fingerprint density at radius 2 is 2.12 bits per heavy atom. The van der Waals surface area contributed by atoms with Gasteiger partial charge in [0, 0.05) is 24.1 Å². The third-order valence-electron chi connectivity index (χ3n) is 5.72. The number of fused-ring (bicyclic) bond motifs is 3. The number of carbonyl (C=O) groups is 2. The second kappa shape index (κ2) is 8.38. The molecule has 0 saturated carbocycles.